The molecular weight excluding hydrogens is 204 g/mol. The van der Waals surface area contributed by atoms with E-state index in [1.807, 2.05) is 13.8 Å². The second-order valence-corrected chi connectivity index (χ2v) is 5.74. The van der Waals surface area contributed by atoms with Crippen LogP contribution >= 0.6 is 0 Å². The van der Waals surface area contributed by atoms with Crippen LogP contribution in [0.5, 0.6) is 0 Å². The third-order valence-electron chi connectivity index (χ3n) is 1.61. The van der Waals surface area contributed by atoms with Gasteiger partial charge in [-0.25, -0.2) is 4.72 Å². The van der Waals surface area contributed by atoms with Gasteiger partial charge < -0.3 is 5.11 Å². The van der Waals surface area contributed by atoms with Crippen molar-refractivity contribution in [3.63, 3.8) is 0 Å². The maximum Gasteiger partial charge on any atom is 0.279 e. The predicted octanol–water partition coefficient (Wildman–Crippen LogP) is -0.211. The van der Waals surface area contributed by atoms with Crippen molar-refractivity contribution in [1.82, 2.24) is 9.03 Å². The molecule has 86 valence electrons. The van der Waals surface area contributed by atoms with Gasteiger partial charge in [-0.15, -0.1) is 0 Å². The topological polar surface area (TPSA) is 69.6 Å². The minimum absolute atomic E-state index is 0.105. The maximum absolute atomic E-state index is 11.5. The summed E-state index contributed by atoms with van der Waals surface area (Å²) in [5.41, 5.74) is 0. The van der Waals surface area contributed by atoms with Gasteiger partial charge in [0.15, 0.2) is 0 Å². The lowest BCUT2D eigenvalue weighted by Gasteiger charge is -2.19. The molecule has 0 radical (unpaired) electrons. The van der Waals surface area contributed by atoms with Gasteiger partial charge in [-0.1, -0.05) is 13.8 Å². The number of aliphatic hydroxyl groups is 1. The summed E-state index contributed by atoms with van der Waals surface area (Å²) in [6.07, 6.45) is -0.657. The fourth-order valence-electron chi connectivity index (χ4n) is 0.852. The largest absolute Gasteiger partial charge is 0.392 e. The van der Waals surface area contributed by atoms with E-state index in [0.29, 0.717) is 6.54 Å². The summed E-state index contributed by atoms with van der Waals surface area (Å²) in [6, 6.07) is 0. The van der Waals surface area contributed by atoms with Crippen molar-refractivity contribution in [2.45, 2.75) is 26.9 Å². The molecule has 0 spiro atoms. The molecule has 0 fully saturated rings. The van der Waals surface area contributed by atoms with Gasteiger partial charge in [0, 0.05) is 20.1 Å². The maximum atomic E-state index is 11.5. The molecule has 0 heterocycles. The molecule has 0 bridgehead atoms. The van der Waals surface area contributed by atoms with Gasteiger partial charge in [0.05, 0.1) is 6.10 Å². The fourth-order valence-corrected chi connectivity index (χ4v) is 2.03. The van der Waals surface area contributed by atoms with E-state index in [1.54, 1.807) is 6.92 Å². The van der Waals surface area contributed by atoms with Gasteiger partial charge >= 0.3 is 0 Å². The summed E-state index contributed by atoms with van der Waals surface area (Å²) in [5.74, 6) is 0.268. The Hall–Kier alpha value is -0.170. The molecule has 0 aromatic rings. The Morgan fingerprint density at radius 1 is 1.36 bits per heavy atom. The lowest BCUT2D eigenvalue weighted by Crippen LogP contribution is -2.42. The predicted molar refractivity (Wildman–Crippen MR) is 56.1 cm³/mol. The van der Waals surface area contributed by atoms with Crippen LogP contribution in [-0.2, 0) is 10.2 Å². The summed E-state index contributed by atoms with van der Waals surface area (Å²) < 4.78 is 26.5. The van der Waals surface area contributed by atoms with Gasteiger partial charge in [0.2, 0.25) is 0 Å². The third kappa shape index (κ3) is 5.54. The van der Waals surface area contributed by atoms with Crippen LogP contribution in [-0.4, -0.2) is 44.1 Å². The van der Waals surface area contributed by atoms with Gasteiger partial charge in [-0.3, -0.25) is 0 Å². The molecular formula is C8H20N2O3S. The Morgan fingerprint density at radius 2 is 1.86 bits per heavy atom. The first-order valence-electron chi connectivity index (χ1n) is 4.64. The molecule has 1 unspecified atom stereocenters. The summed E-state index contributed by atoms with van der Waals surface area (Å²) in [5, 5.41) is 9.03. The standard InChI is InChI=1S/C8H20N2O3S/c1-7(2)5-9-14(12,13)10(4)6-8(3)11/h7-9,11H,5-6H2,1-4H3. The Kier molecular flexibility index (Phi) is 5.58. The van der Waals surface area contributed by atoms with Crippen LogP contribution in [0.3, 0.4) is 0 Å². The summed E-state index contributed by atoms with van der Waals surface area (Å²) in [6.45, 7) is 5.92. The molecule has 0 amide bonds. The van der Waals surface area contributed by atoms with Crippen molar-refractivity contribution in [2.24, 2.45) is 5.92 Å². The highest BCUT2D eigenvalue weighted by Crippen LogP contribution is 1.97. The molecule has 5 nitrogen and oxygen atoms in total. The van der Waals surface area contributed by atoms with E-state index in [0.717, 1.165) is 4.31 Å². The SMILES string of the molecule is CC(C)CNS(=O)(=O)N(C)CC(C)O. The monoisotopic (exact) mass is 224 g/mol. The molecule has 0 saturated carbocycles. The third-order valence-corrected chi connectivity index (χ3v) is 3.11. The molecule has 1 atom stereocenters. The molecule has 0 aliphatic rings. The highest BCUT2D eigenvalue weighted by Gasteiger charge is 2.18. The molecule has 2 N–H and O–H groups in total. The number of aliphatic hydroxyl groups excluding tert-OH is 1. The highest BCUT2D eigenvalue weighted by atomic mass is 32.2. The first-order valence-corrected chi connectivity index (χ1v) is 6.08. The minimum atomic E-state index is -3.43. The first-order chi connectivity index (χ1) is 6.25. The van der Waals surface area contributed by atoms with Crippen molar-refractivity contribution in [3.8, 4) is 0 Å². The van der Waals surface area contributed by atoms with Gasteiger partial charge in [-0.2, -0.15) is 12.7 Å². The molecule has 0 aromatic heterocycles. The lowest BCUT2D eigenvalue weighted by atomic mass is 10.2. The zero-order valence-electron chi connectivity index (χ0n) is 9.19. The molecule has 0 saturated heterocycles. The van der Waals surface area contributed by atoms with Crippen LogP contribution in [0.2, 0.25) is 0 Å². The van der Waals surface area contributed by atoms with Crippen LogP contribution in [0.4, 0.5) is 0 Å². The summed E-state index contributed by atoms with van der Waals surface area (Å²) >= 11 is 0. The average Bonchev–Trinajstić information content (AvgIpc) is 1.99. The lowest BCUT2D eigenvalue weighted by molar-refractivity contribution is 0.170. The summed E-state index contributed by atoms with van der Waals surface area (Å²) in [4.78, 5) is 0. The van der Waals surface area contributed by atoms with E-state index in [4.69, 9.17) is 5.11 Å². The van der Waals surface area contributed by atoms with Crippen molar-refractivity contribution < 1.29 is 13.5 Å². The number of hydrogen-bond acceptors (Lipinski definition) is 3. The van der Waals surface area contributed by atoms with E-state index < -0.39 is 16.3 Å². The van der Waals surface area contributed by atoms with Crippen LogP contribution in [0.1, 0.15) is 20.8 Å². The average molecular weight is 224 g/mol. The Bertz CT molecular complexity index is 249. The Labute approximate surface area is 86.3 Å². The van der Waals surface area contributed by atoms with Crippen molar-refractivity contribution in [3.05, 3.63) is 0 Å². The normalized spacial score (nSPS) is 15.1. The van der Waals surface area contributed by atoms with Gasteiger partial charge in [0.25, 0.3) is 10.2 Å². The van der Waals surface area contributed by atoms with E-state index in [1.165, 1.54) is 7.05 Å². The highest BCUT2D eigenvalue weighted by molar-refractivity contribution is 7.87. The van der Waals surface area contributed by atoms with Crippen molar-refractivity contribution in [1.29, 1.82) is 0 Å². The molecule has 0 aromatic carbocycles. The van der Waals surface area contributed by atoms with Crippen molar-refractivity contribution >= 4 is 10.2 Å². The van der Waals surface area contributed by atoms with Gasteiger partial charge in [-0.05, 0) is 12.8 Å². The van der Waals surface area contributed by atoms with E-state index in [-0.39, 0.29) is 12.5 Å². The summed E-state index contributed by atoms with van der Waals surface area (Å²) in [7, 11) is -1.99. The number of hydrogen-bond donors (Lipinski definition) is 2. The zero-order valence-corrected chi connectivity index (χ0v) is 10.0. The second-order valence-electron chi connectivity index (χ2n) is 3.88. The zero-order chi connectivity index (χ0) is 11.4. The van der Waals surface area contributed by atoms with Crippen LogP contribution in [0, 0.1) is 5.92 Å². The minimum Gasteiger partial charge on any atom is -0.392 e. The molecule has 6 heteroatoms. The molecule has 0 aliphatic carbocycles. The number of rotatable bonds is 6. The van der Waals surface area contributed by atoms with Gasteiger partial charge in [0.1, 0.15) is 0 Å². The van der Waals surface area contributed by atoms with Crippen LogP contribution in [0.25, 0.3) is 0 Å². The van der Waals surface area contributed by atoms with E-state index in [9.17, 15) is 8.42 Å². The fraction of sp³-hybridized carbons (Fsp3) is 1.00. The number of nitrogens with one attached hydrogen (secondary N) is 1. The molecule has 14 heavy (non-hydrogen) atoms. The van der Waals surface area contributed by atoms with E-state index >= 15 is 0 Å². The molecule has 0 rings (SSSR count). The van der Waals surface area contributed by atoms with E-state index in [2.05, 4.69) is 4.72 Å². The molecule has 0 aliphatic heterocycles. The van der Waals surface area contributed by atoms with Crippen LogP contribution in [0.15, 0.2) is 0 Å². The number of nitrogens with zero attached hydrogens (tertiary/aromatic N) is 1. The van der Waals surface area contributed by atoms with Crippen LogP contribution < -0.4 is 4.72 Å². The first kappa shape index (κ1) is 13.8. The Morgan fingerprint density at radius 3 is 2.21 bits per heavy atom. The second kappa shape index (κ2) is 5.65. The smallest absolute Gasteiger partial charge is 0.279 e. The number of likely N-dealkylation sites (N-methyl/N-ethyl adjacent to an activating group) is 1. The van der Waals surface area contributed by atoms with Crippen molar-refractivity contribution in [2.75, 3.05) is 20.1 Å². The quantitative estimate of drug-likeness (QED) is 0.656. The Balaban J connectivity index is 4.17.